The van der Waals surface area contributed by atoms with Crippen LogP contribution in [-0.2, 0) is 4.79 Å². The zero-order valence-corrected chi connectivity index (χ0v) is 14.1. The minimum absolute atomic E-state index is 0.349. The summed E-state index contributed by atoms with van der Waals surface area (Å²) >= 11 is 9.33. The fourth-order valence-electron chi connectivity index (χ4n) is 1.87. The molecule has 0 aromatic heterocycles. The first-order valence-corrected chi connectivity index (χ1v) is 7.68. The number of nitriles is 1. The minimum Gasteiger partial charge on any atom is -0.481 e. The van der Waals surface area contributed by atoms with Gasteiger partial charge in [0.05, 0.1) is 11.6 Å². The number of carboxylic acid groups (broad SMARTS) is 1. The smallest absolute Gasteiger partial charge is 0.341 e. The maximum absolute atomic E-state index is 10.7. The number of carboxylic acids is 1. The molecule has 4 nitrogen and oxygen atoms in total. The number of nitrogens with zero attached hydrogens (tertiary/aromatic N) is 1. The topological polar surface area (TPSA) is 70.3 Å². The van der Waals surface area contributed by atoms with Crippen molar-refractivity contribution in [1.82, 2.24) is 0 Å². The molecule has 0 fully saturated rings. The van der Waals surface area contributed by atoms with Crippen molar-refractivity contribution in [1.29, 1.82) is 5.26 Å². The summed E-state index contributed by atoms with van der Waals surface area (Å²) in [6.07, 6.45) is 1.62. The number of hydrogen-bond donors (Lipinski definition) is 1. The van der Waals surface area contributed by atoms with Crippen molar-refractivity contribution in [2.24, 2.45) is 0 Å². The van der Waals surface area contributed by atoms with Gasteiger partial charge in [0.15, 0.2) is 6.61 Å². The molecule has 6 heteroatoms. The Labute approximate surface area is 146 Å². The van der Waals surface area contributed by atoms with Crippen LogP contribution < -0.4 is 4.74 Å². The molecule has 116 valence electrons. The van der Waals surface area contributed by atoms with Gasteiger partial charge in [0.2, 0.25) is 0 Å². The quantitative estimate of drug-likeness (QED) is 0.595. The van der Waals surface area contributed by atoms with Crippen LogP contribution in [0.5, 0.6) is 5.75 Å². The Kier molecular flexibility index (Phi) is 5.80. The van der Waals surface area contributed by atoms with Gasteiger partial charge in [-0.05, 0) is 42.0 Å². The summed E-state index contributed by atoms with van der Waals surface area (Å²) in [6, 6.07) is 14.2. The van der Waals surface area contributed by atoms with E-state index in [1.54, 1.807) is 24.3 Å². The second-order valence-electron chi connectivity index (χ2n) is 4.54. The van der Waals surface area contributed by atoms with E-state index in [1.807, 2.05) is 24.3 Å². The molecule has 0 aliphatic carbocycles. The van der Waals surface area contributed by atoms with Gasteiger partial charge in [-0.2, -0.15) is 5.26 Å². The fraction of sp³-hybridized carbons (Fsp3) is 0.0588. The summed E-state index contributed by atoms with van der Waals surface area (Å²) in [6.45, 7) is -0.470. The van der Waals surface area contributed by atoms with Gasteiger partial charge in [-0.25, -0.2) is 4.79 Å². The summed E-state index contributed by atoms with van der Waals surface area (Å²) in [4.78, 5) is 10.7. The molecule has 0 aliphatic rings. The molecule has 2 rings (SSSR count). The molecule has 0 heterocycles. The van der Waals surface area contributed by atoms with Crippen LogP contribution in [0.1, 0.15) is 11.1 Å². The van der Waals surface area contributed by atoms with Crippen molar-refractivity contribution in [3.63, 3.8) is 0 Å². The molecule has 2 aromatic carbocycles. The van der Waals surface area contributed by atoms with Gasteiger partial charge in [0, 0.05) is 15.1 Å². The fourth-order valence-corrected chi connectivity index (χ4v) is 2.31. The molecule has 0 saturated carbocycles. The third kappa shape index (κ3) is 4.85. The van der Waals surface area contributed by atoms with Crippen molar-refractivity contribution in [3.8, 4) is 11.8 Å². The van der Waals surface area contributed by atoms with Crippen molar-refractivity contribution in [2.75, 3.05) is 6.61 Å². The Balaban J connectivity index is 2.42. The predicted octanol–water partition coefficient (Wildman–Crippen LogP) is 4.63. The van der Waals surface area contributed by atoms with Gasteiger partial charge < -0.3 is 9.84 Å². The van der Waals surface area contributed by atoms with Crippen LogP contribution in [0.2, 0.25) is 5.02 Å². The molecular weight excluding hydrogens is 382 g/mol. The lowest BCUT2D eigenvalue weighted by Gasteiger charge is -2.08. The molecule has 1 N–H and O–H groups in total. The average Bonchev–Trinajstić information content (AvgIpc) is 2.52. The maximum Gasteiger partial charge on any atom is 0.341 e. The summed E-state index contributed by atoms with van der Waals surface area (Å²) in [5.74, 6) is -0.732. The highest BCUT2D eigenvalue weighted by Gasteiger charge is 2.08. The SMILES string of the molecule is N#C/C(=C\c1cc(Cl)ccc1OCC(=O)O)c1ccc(Br)cc1. The van der Waals surface area contributed by atoms with E-state index < -0.39 is 12.6 Å². The van der Waals surface area contributed by atoms with Crippen LogP contribution in [0.4, 0.5) is 0 Å². The lowest BCUT2D eigenvalue weighted by atomic mass is 10.0. The van der Waals surface area contributed by atoms with Crippen LogP contribution in [0.15, 0.2) is 46.9 Å². The number of allylic oxidation sites excluding steroid dienone is 1. The van der Waals surface area contributed by atoms with Crippen LogP contribution in [0.25, 0.3) is 11.6 Å². The molecule has 0 amide bonds. The number of hydrogen-bond acceptors (Lipinski definition) is 3. The lowest BCUT2D eigenvalue weighted by molar-refractivity contribution is -0.139. The molecule has 0 unspecified atom stereocenters. The van der Waals surface area contributed by atoms with Gasteiger partial charge >= 0.3 is 5.97 Å². The lowest BCUT2D eigenvalue weighted by Crippen LogP contribution is -2.10. The average molecular weight is 393 g/mol. The highest BCUT2D eigenvalue weighted by atomic mass is 79.9. The highest BCUT2D eigenvalue weighted by molar-refractivity contribution is 9.10. The Morgan fingerprint density at radius 1 is 1.30 bits per heavy atom. The van der Waals surface area contributed by atoms with Gasteiger partial charge in [-0.15, -0.1) is 0 Å². The van der Waals surface area contributed by atoms with Crippen LogP contribution >= 0.6 is 27.5 Å². The first-order chi connectivity index (χ1) is 11.0. The third-order valence-corrected chi connectivity index (χ3v) is 3.66. The number of benzene rings is 2. The van der Waals surface area contributed by atoms with Crippen molar-refractivity contribution in [2.45, 2.75) is 0 Å². The molecule has 23 heavy (non-hydrogen) atoms. The summed E-state index contributed by atoms with van der Waals surface area (Å²) in [5, 5.41) is 18.6. The van der Waals surface area contributed by atoms with E-state index in [-0.39, 0.29) is 0 Å². The highest BCUT2D eigenvalue weighted by Crippen LogP contribution is 2.28. The number of aliphatic carboxylic acids is 1. The van der Waals surface area contributed by atoms with E-state index in [0.717, 1.165) is 10.0 Å². The number of rotatable bonds is 5. The number of carbonyl (C=O) groups is 1. The zero-order chi connectivity index (χ0) is 16.8. The first kappa shape index (κ1) is 17.1. The van der Waals surface area contributed by atoms with Gasteiger partial charge in [-0.3, -0.25) is 0 Å². The standard InChI is InChI=1S/C17H11BrClNO3/c18-14-3-1-11(2-4-14)13(9-20)7-12-8-15(19)5-6-16(12)23-10-17(21)22/h1-8H,10H2,(H,21,22)/b13-7+. The van der Waals surface area contributed by atoms with Crippen LogP contribution in [0.3, 0.4) is 0 Å². The molecule has 0 spiro atoms. The second-order valence-corrected chi connectivity index (χ2v) is 5.89. The van der Waals surface area contributed by atoms with Gasteiger partial charge in [0.25, 0.3) is 0 Å². The monoisotopic (exact) mass is 391 g/mol. The Hall–Kier alpha value is -2.29. The molecule has 0 saturated heterocycles. The molecule has 0 aliphatic heterocycles. The van der Waals surface area contributed by atoms with Crippen LogP contribution in [0, 0.1) is 11.3 Å². The van der Waals surface area contributed by atoms with E-state index in [0.29, 0.717) is 21.9 Å². The van der Waals surface area contributed by atoms with Gasteiger partial charge in [-0.1, -0.05) is 39.7 Å². The molecule has 0 radical (unpaired) electrons. The number of ether oxygens (including phenoxy) is 1. The summed E-state index contributed by atoms with van der Waals surface area (Å²) in [7, 11) is 0. The Morgan fingerprint density at radius 2 is 2.00 bits per heavy atom. The Bertz CT molecular complexity index is 794. The zero-order valence-electron chi connectivity index (χ0n) is 11.8. The third-order valence-electron chi connectivity index (χ3n) is 2.90. The number of halogens is 2. The molecule has 0 bridgehead atoms. The van der Waals surface area contributed by atoms with Crippen LogP contribution in [-0.4, -0.2) is 17.7 Å². The van der Waals surface area contributed by atoms with Crippen molar-refractivity contribution < 1.29 is 14.6 Å². The molecular formula is C17H11BrClNO3. The predicted molar refractivity (Wildman–Crippen MR) is 92.2 cm³/mol. The second kappa shape index (κ2) is 7.82. The molecule has 2 aromatic rings. The van der Waals surface area contributed by atoms with E-state index >= 15 is 0 Å². The van der Waals surface area contributed by atoms with Gasteiger partial charge in [0.1, 0.15) is 5.75 Å². The van der Waals surface area contributed by atoms with E-state index in [4.69, 9.17) is 21.4 Å². The largest absolute Gasteiger partial charge is 0.481 e. The normalized spacial score (nSPS) is 10.9. The Morgan fingerprint density at radius 3 is 2.61 bits per heavy atom. The van der Waals surface area contributed by atoms with E-state index in [1.165, 1.54) is 0 Å². The maximum atomic E-state index is 10.7. The van der Waals surface area contributed by atoms with Crippen molar-refractivity contribution in [3.05, 3.63) is 63.1 Å². The van der Waals surface area contributed by atoms with Crippen molar-refractivity contribution >= 4 is 45.1 Å². The first-order valence-electron chi connectivity index (χ1n) is 6.51. The summed E-state index contributed by atoms with van der Waals surface area (Å²) in [5.41, 5.74) is 1.69. The van der Waals surface area contributed by atoms with E-state index in [2.05, 4.69) is 22.0 Å². The summed E-state index contributed by atoms with van der Waals surface area (Å²) < 4.78 is 6.14. The van der Waals surface area contributed by atoms with E-state index in [9.17, 15) is 10.1 Å². The molecule has 0 atom stereocenters. The minimum atomic E-state index is -1.08.